The van der Waals surface area contributed by atoms with Gasteiger partial charge in [-0.2, -0.15) is 10.2 Å². The first kappa shape index (κ1) is 17.4. The molecule has 0 aliphatic carbocycles. The van der Waals surface area contributed by atoms with Gasteiger partial charge in [-0.25, -0.2) is 0 Å². The summed E-state index contributed by atoms with van der Waals surface area (Å²) in [5.41, 5.74) is 3.09. The molecule has 25 heavy (non-hydrogen) atoms. The molecule has 0 saturated carbocycles. The van der Waals surface area contributed by atoms with Gasteiger partial charge < -0.3 is 5.32 Å². The minimum absolute atomic E-state index is 0.0753. The van der Waals surface area contributed by atoms with Crippen LogP contribution in [0, 0.1) is 13.8 Å². The standard InChI is InChI=1S/C18H20BrN5O/c1-13-10-17(22-24(13)11-15-6-4-3-5-7-15)20-18(25)8-9-23-12-16(19)14(2)21-23/h3-7,10,12H,8-9,11H2,1-2H3,(H,20,22,25). The number of halogens is 1. The molecule has 1 amide bonds. The molecule has 0 unspecified atom stereocenters. The SMILES string of the molecule is Cc1nn(CCC(=O)Nc2cc(C)n(Cc3ccccc3)n2)cc1Br. The van der Waals surface area contributed by atoms with E-state index in [1.165, 1.54) is 5.56 Å². The summed E-state index contributed by atoms with van der Waals surface area (Å²) in [6, 6.07) is 12.0. The zero-order chi connectivity index (χ0) is 17.8. The van der Waals surface area contributed by atoms with E-state index in [0.717, 1.165) is 15.9 Å². The Labute approximate surface area is 155 Å². The summed E-state index contributed by atoms with van der Waals surface area (Å²) in [6.07, 6.45) is 2.22. The van der Waals surface area contributed by atoms with Crippen molar-refractivity contribution in [3.8, 4) is 0 Å². The Hall–Kier alpha value is -2.41. The van der Waals surface area contributed by atoms with E-state index in [-0.39, 0.29) is 5.91 Å². The lowest BCUT2D eigenvalue weighted by Crippen LogP contribution is -2.15. The van der Waals surface area contributed by atoms with Crippen LogP contribution in [0.4, 0.5) is 5.82 Å². The molecule has 0 fully saturated rings. The van der Waals surface area contributed by atoms with E-state index in [2.05, 4.69) is 43.6 Å². The minimum Gasteiger partial charge on any atom is -0.309 e. The predicted molar refractivity (Wildman–Crippen MR) is 100 cm³/mol. The highest BCUT2D eigenvalue weighted by Crippen LogP contribution is 2.14. The van der Waals surface area contributed by atoms with E-state index in [0.29, 0.717) is 25.3 Å². The number of nitrogens with one attached hydrogen (secondary N) is 1. The average molecular weight is 402 g/mol. The smallest absolute Gasteiger partial charge is 0.227 e. The van der Waals surface area contributed by atoms with Gasteiger partial charge in [0.05, 0.1) is 16.7 Å². The lowest BCUT2D eigenvalue weighted by atomic mass is 10.2. The molecule has 6 nitrogen and oxygen atoms in total. The summed E-state index contributed by atoms with van der Waals surface area (Å²) in [7, 11) is 0. The lowest BCUT2D eigenvalue weighted by molar-refractivity contribution is -0.116. The number of anilines is 1. The summed E-state index contributed by atoms with van der Waals surface area (Å²) in [6.45, 7) is 5.11. The molecule has 1 aromatic carbocycles. The fraction of sp³-hybridized carbons (Fsp3) is 0.278. The summed E-state index contributed by atoms with van der Waals surface area (Å²) in [5, 5.41) is 11.7. The van der Waals surface area contributed by atoms with Crippen LogP contribution in [0.5, 0.6) is 0 Å². The van der Waals surface area contributed by atoms with Gasteiger partial charge >= 0.3 is 0 Å². The maximum atomic E-state index is 12.1. The predicted octanol–water partition coefficient (Wildman–Crippen LogP) is 3.54. The number of amides is 1. The first-order chi connectivity index (χ1) is 12.0. The Bertz CT molecular complexity index is 849. The Kier molecular flexibility index (Phi) is 5.33. The van der Waals surface area contributed by atoms with Gasteiger partial charge in [0.2, 0.25) is 5.91 Å². The monoisotopic (exact) mass is 401 g/mol. The van der Waals surface area contributed by atoms with Gasteiger partial charge in [-0.3, -0.25) is 14.2 Å². The molecule has 0 saturated heterocycles. The van der Waals surface area contributed by atoms with Crippen LogP contribution in [-0.2, 0) is 17.9 Å². The maximum Gasteiger partial charge on any atom is 0.227 e. The quantitative estimate of drug-likeness (QED) is 0.686. The van der Waals surface area contributed by atoms with Crippen molar-refractivity contribution in [2.24, 2.45) is 0 Å². The molecule has 0 radical (unpaired) electrons. The van der Waals surface area contributed by atoms with E-state index in [9.17, 15) is 4.79 Å². The highest BCUT2D eigenvalue weighted by atomic mass is 79.9. The molecule has 3 rings (SSSR count). The van der Waals surface area contributed by atoms with Crippen molar-refractivity contribution in [3.63, 3.8) is 0 Å². The first-order valence-corrected chi connectivity index (χ1v) is 8.88. The van der Waals surface area contributed by atoms with Crippen molar-refractivity contribution in [1.29, 1.82) is 0 Å². The van der Waals surface area contributed by atoms with Crippen LogP contribution in [0.3, 0.4) is 0 Å². The number of aromatic nitrogens is 4. The lowest BCUT2D eigenvalue weighted by Gasteiger charge is -2.04. The molecule has 130 valence electrons. The van der Waals surface area contributed by atoms with E-state index in [4.69, 9.17) is 0 Å². The second-order valence-corrected chi connectivity index (χ2v) is 6.79. The number of hydrogen-bond donors (Lipinski definition) is 1. The fourth-order valence-corrected chi connectivity index (χ4v) is 2.83. The molecule has 3 aromatic rings. The van der Waals surface area contributed by atoms with Gasteiger partial charge in [0.15, 0.2) is 5.82 Å². The average Bonchev–Trinajstić information content (AvgIpc) is 3.08. The normalized spacial score (nSPS) is 10.8. The van der Waals surface area contributed by atoms with Gasteiger partial charge in [-0.05, 0) is 35.3 Å². The molecule has 0 aliphatic rings. The van der Waals surface area contributed by atoms with Crippen molar-refractivity contribution in [1.82, 2.24) is 19.6 Å². The highest BCUT2D eigenvalue weighted by Gasteiger charge is 2.09. The number of rotatable bonds is 6. The third-order valence-corrected chi connectivity index (χ3v) is 4.66. The second kappa shape index (κ2) is 7.65. The summed E-state index contributed by atoms with van der Waals surface area (Å²) in [4.78, 5) is 12.1. The van der Waals surface area contributed by atoms with E-state index in [1.807, 2.05) is 49.0 Å². The van der Waals surface area contributed by atoms with Crippen molar-refractivity contribution < 1.29 is 4.79 Å². The summed E-state index contributed by atoms with van der Waals surface area (Å²) < 4.78 is 4.60. The Morgan fingerprint density at radius 1 is 1.20 bits per heavy atom. The maximum absolute atomic E-state index is 12.1. The molecule has 1 N–H and O–H groups in total. The topological polar surface area (TPSA) is 64.7 Å². The number of hydrogen-bond acceptors (Lipinski definition) is 3. The largest absolute Gasteiger partial charge is 0.309 e. The van der Waals surface area contributed by atoms with Crippen molar-refractivity contribution in [2.75, 3.05) is 5.32 Å². The third kappa shape index (κ3) is 4.57. The van der Waals surface area contributed by atoms with E-state index >= 15 is 0 Å². The molecule has 0 atom stereocenters. The van der Waals surface area contributed by atoms with Crippen LogP contribution in [0.1, 0.15) is 23.4 Å². The fourth-order valence-electron chi connectivity index (χ4n) is 2.52. The van der Waals surface area contributed by atoms with Crippen molar-refractivity contribution >= 4 is 27.7 Å². The molecule has 7 heteroatoms. The number of benzene rings is 1. The highest BCUT2D eigenvalue weighted by molar-refractivity contribution is 9.10. The van der Waals surface area contributed by atoms with Crippen molar-refractivity contribution in [2.45, 2.75) is 33.4 Å². The van der Waals surface area contributed by atoms with E-state index < -0.39 is 0 Å². The van der Waals surface area contributed by atoms with Crippen LogP contribution < -0.4 is 5.32 Å². The second-order valence-electron chi connectivity index (χ2n) is 5.94. The molecule has 0 aliphatic heterocycles. The number of carbonyl (C=O) groups excluding carboxylic acids is 1. The number of aryl methyl sites for hydroxylation is 3. The number of nitrogens with zero attached hydrogens (tertiary/aromatic N) is 4. The summed E-state index contributed by atoms with van der Waals surface area (Å²) >= 11 is 3.42. The molecule has 0 bridgehead atoms. The van der Waals surface area contributed by atoms with Crippen LogP contribution in [0.2, 0.25) is 0 Å². The molecular weight excluding hydrogens is 382 g/mol. The Balaban J connectivity index is 1.57. The van der Waals surface area contributed by atoms with Crippen LogP contribution in [-0.4, -0.2) is 25.5 Å². The molecular formula is C18H20BrN5O. The summed E-state index contributed by atoms with van der Waals surface area (Å²) in [5.74, 6) is 0.505. The Morgan fingerprint density at radius 3 is 2.64 bits per heavy atom. The van der Waals surface area contributed by atoms with Crippen LogP contribution >= 0.6 is 15.9 Å². The van der Waals surface area contributed by atoms with Gasteiger partial charge in [-0.1, -0.05) is 30.3 Å². The van der Waals surface area contributed by atoms with Crippen LogP contribution in [0.25, 0.3) is 0 Å². The van der Waals surface area contributed by atoms with Gasteiger partial charge in [0.25, 0.3) is 0 Å². The molecule has 2 aromatic heterocycles. The zero-order valence-electron chi connectivity index (χ0n) is 14.2. The molecule has 2 heterocycles. The van der Waals surface area contributed by atoms with E-state index in [1.54, 1.807) is 4.68 Å². The third-order valence-electron chi connectivity index (χ3n) is 3.88. The van der Waals surface area contributed by atoms with Gasteiger partial charge in [-0.15, -0.1) is 0 Å². The Morgan fingerprint density at radius 2 is 1.96 bits per heavy atom. The first-order valence-electron chi connectivity index (χ1n) is 8.09. The van der Waals surface area contributed by atoms with Crippen LogP contribution in [0.15, 0.2) is 47.1 Å². The molecule has 0 spiro atoms. The van der Waals surface area contributed by atoms with Gasteiger partial charge in [0, 0.05) is 30.9 Å². The van der Waals surface area contributed by atoms with Crippen molar-refractivity contribution in [3.05, 3.63) is 64.0 Å². The number of carbonyl (C=O) groups is 1. The minimum atomic E-state index is -0.0753. The van der Waals surface area contributed by atoms with Gasteiger partial charge in [0.1, 0.15) is 0 Å². The zero-order valence-corrected chi connectivity index (χ0v) is 15.8.